The summed E-state index contributed by atoms with van der Waals surface area (Å²) in [5.74, 6) is 0. The molecular weight excluding hydrogens is 172 g/mol. The first-order valence-corrected chi connectivity index (χ1v) is 3.91. The minimum atomic E-state index is 0. The highest BCUT2D eigenvalue weighted by atomic mass is 35.5. The minimum Gasteiger partial charge on any atom is -0.299 e. The molecular formula is C10H17ClO. The maximum Gasteiger partial charge on any atom is 0.142 e. The zero-order chi connectivity index (χ0) is 8.69. The molecule has 0 rings (SSSR count). The number of hydrogen-bond donors (Lipinski definition) is 0. The summed E-state index contributed by atoms with van der Waals surface area (Å²) < 4.78 is 0. The van der Waals surface area contributed by atoms with Crippen molar-refractivity contribution in [2.45, 2.75) is 33.6 Å². The average Bonchev–Trinajstić information content (AvgIpc) is 1.87. The minimum absolute atomic E-state index is 0. The lowest BCUT2D eigenvalue weighted by molar-refractivity contribution is -0.104. The van der Waals surface area contributed by atoms with E-state index in [0.29, 0.717) is 0 Å². The van der Waals surface area contributed by atoms with Crippen LogP contribution >= 0.6 is 12.4 Å². The summed E-state index contributed by atoms with van der Waals surface area (Å²) in [4.78, 5) is 10.0. The number of carbonyl (C=O) groups is 1. The van der Waals surface area contributed by atoms with Crippen LogP contribution in [0, 0.1) is 0 Å². The van der Waals surface area contributed by atoms with E-state index in [0.717, 1.165) is 24.7 Å². The van der Waals surface area contributed by atoms with Crippen LogP contribution in [-0.4, -0.2) is 6.29 Å². The molecule has 0 N–H and O–H groups in total. The van der Waals surface area contributed by atoms with Gasteiger partial charge >= 0.3 is 0 Å². The van der Waals surface area contributed by atoms with Gasteiger partial charge < -0.3 is 0 Å². The number of rotatable bonds is 4. The summed E-state index contributed by atoms with van der Waals surface area (Å²) in [5.41, 5.74) is 2.49. The summed E-state index contributed by atoms with van der Waals surface area (Å²) in [6.45, 7) is 6.14. The van der Waals surface area contributed by atoms with Crippen molar-refractivity contribution in [2.24, 2.45) is 0 Å². The third-order valence-corrected chi connectivity index (χ3v) is 1.44. The monoisotopic (exact) mass is 188 g/mol. The van der Waals surface area contributed by atoms with Gasteiger partial charge in [0.15, 0.2) is 0 Å². The molecule has 0 atom stereocenters. The Hall–Kier alpha value is -0.560. The van der Waals surface area contributed by atoms with E-state index in [-0.39, 0.29) is 12.4 Å². The van der Waals surface area contributed by atoms with Crippen molar-refractivity contribution in [3.8, 4) is 0 Å². The Morgan fingerprint density at radius 2 is 1.83 bits per heavy atom. The Morgan fingerprint density at radius 3 is 2.25 bits per heavy atom. The Labute approximate surface area is 81.0 Å². The van der Waals surface area contributed by atoms with Crippen LogP contribution in [-0.2, 0) is 4.79 Å². The molecule has 0 heterocycles. The van der Waals surface area contributed by atoms with E-state index in [1.54, 1.807) is 6.08 Å². The highest BCUT2D eigenvalue weighted by Gasteiger charge is 1.86. The fourth-order valence-electron chi connectivity index (χ4n) is 0.788. The predicted molar refractivity (Wildman–Crippen MR) is 55.7 cm³/mol. The molecule has 0 saturated carbocycles. The number of carbonyl (C=O) groups excluding carboxylic acids is 1. The van der Waals surface area contributed by atoms with Crippen molar-refractivity contribution in [1.29, 1.82) is 0 Å². The van der Waals surface area contributed by atoms with Gasteiger partial charge in [0.25, 0.3) is 0 Å². The third-order valence-electron chi connectivity index (χ3n) is 1.44. The van der Waals surface area contributed by atoms with E-state index in [2.05, 4.69) is 19.9 Å². The fourth-order valence-corrected chi connectivity index (χ4v) is 0.788. The van der Waals surface area contributed by atoms with Gasteiger partial charge in [0, 0.05) is 0 Å². The van der Waals surface area contributed by atoms with Crippen molar-refractivity contribution >= 4 is 18.7 Å². The van der Waals surface area contributed by atoms with Gasteiger partial charge in [-0.05, 0) is 39.7 Å². The largest absolute Gasteiger partial charge is 0.299 e. The van der Waals surface area contributed by atoms with Crippen LogP contribution in [0.2, 0.25) is 0 Å². The first-order valence-electron chi connectivity index (χ1n) is 3.91. The van der Waals surface area contributed by atoms with Crippen molar-refractivity contribution in [3.05, 3.63) is 23.3 Å². The van der Waals surface area contributed by atoms with E-state index < -0.39 is 0 Å². The average molecular weight is 189 g/mol. The second-order valence-electron chi connectivity index (χ2n) is 2.97. The smallest absolute Gasteiger partial charge is 0.142 e. The SMILES string of the molecule is CC(C)=CCCC(C)=CC=O.Cl. The summed E-state index contributed by atoms with van der Waals surface area (Å²) in [5, 5.41) is 0. The quantitative estimate of drug-likeness (QED) is 0.376. The Kier molecular flexibility index (Phi) is 9.95. The van der Waals surface area contributed by atoms with Gasteiger partial charge in [0.1, 0.15) is 6.29 Å². The summed E-state index contributed by atoms with van der Waals surface area (Å²) in [6.07, 6.45) is 6.68. The zero-order valence-corrected chi connectivity index (χ0v) is 8.78. The highest BCUT2D eigenvalue weighted by molar-refractivity contribution is 5.85. The zero-order valence-electron chi connectivity index (χ0n) is 7.96. The van der Waals surface area contributed by atoms with Crippen LogP contribution in [0.1, 0.15) is 33.6 Å². The van der Waals surface area contributed by atoms with Crippen LogP contribution in [0.25, 0.3) is 0 Å². The molecule has 0 spiro atoms. The topological polar surface area (TPSA) is 17.1 Å². The lowest BCUT2D eigenvalue weighted by Crippen LogP contribution is -1.77. The van der Waals surface area contributed by atoms with E-state index in [1.807, 2.05) is 6.92 Å². The second-order valence-corrected chi connectivity index (χ2v) is 2.97. The number of allylic oxidation sites excluding steroid dienone is 4. The van der Waals surface area contributed by atoms with Crippen molar-refractivity contribution in [2.75, 3.05) is 0 Å². The molecule has 0 aliphatic heterocycles. The predicted octanol–water partition coefficient (Wildman–Crippen LogP) is 3.30. The van der Waals surface area contributed by atoms with Crippen molar-refractivity contribution in [3.63, 3.8) is 0 Å². The molecule has 2 heteroatoms. The summed E-state index contributed by atoms with van der Waals surface area (Å²) >= 11 is 0. The maximum absolute atomic E-state index is 10.0. The van der Waals surface area contributed by atoms with Gasteiger partial charge in [-0.15, -0.1) is 12.4 Å². The van der Waals surface area contributed by atoms with Crippen molar-refractivity contribution < 1.29 is 4.79 Å². The van der Waals surface area contributed by atoms with Gasteiger partial charge in [-0.25, -0.2) is 0 Å². The van der Waals surface area contributed by atoms with Gasteiger partial charge in [-0.2, -0.15) is 0 Å². The van der Waals surface area contributed by atoms with Crippen LogP contribution < -0.4 is 0 Å². The molecule has 1 nitrogen and oxygen atoms in total. The first-order chi connectivity index (χ1) is 5.16. The second kappa shape index (κ2) is 8.54. The fraction of sp³-hybridized carbons (Fsp3) is 0.500. The van der Waals surface area contributed by atoms with Gasteiger partial charge in [0.2, 0.25) is 0 Å². The molecule has 0 amide bonds. The van der Waals surface area contributed by atoms with Gasteiger partial charge in [0.05, 0.1) is 0 Å². The maximum atomic E-state index is 10.0. The first kappa shape index (κ1) is 14.0. The molecule has 0 unspecified atom stereocenters. The third kappa shape index (κ3) is 9.44. The molecule has 0 fully saturated rings. The molecule has 0 aromatic rings. The van der Waals surface area contributed by atoms with E-state index in [1.165, 1.54) is 5.57 Å². The summed E-state index contributed by atoms with van der Waals surface area (Å²) in [7, 11) is 0. The molecule has 0 saturated heterocycles. The Balaban J connectivity index is 0. The normalized spacial score (nSPS) is 10.1. The molecule has 70 valence electrons. The molecule has 0 aliphatic carbocycles. The van der Waals surface area contributed by atoms with Crippen LogP contribution in [0.4, 0.5) is 0 Å². The summed E-state index contributed by atoms with van der Waals surface area (Å²) in [6, 6.07) is 0. The van der Waals surface area contributed by atoms with E-state index in [4.69, 9.17) is 0 Å². The molecule has 12 heavy (non-hydrogen) atoms. The molecule has 0 aromatic carbocycles. The number of hydrogen-bond acceptors (Lipinski definition) is 1. The van der Waals surface area contributed by atoms with E-state index in [9.17, 15) is 4.79 Å². The lowest BCUT2D eigenvalue weighted by atomic mass is 10.1. The van der Waals surface area contributed by atoms with Crippen LogP contribution in [0.3, 0.4) is 0 Å². The standard InChI is InChI=1S/C10H16O.ClH/c1-9(2)5-4-6-10(3)7-8-11;/h5,7-8H,4,6H2,1-3H3;1H. The lowest BCUT2D eigenvalue weighted by Gasteiger charge is -1.94. The van der Waals surface area contributed by atoms with Crippen LogP contribution in [0.5, 0.6) is 0 Å². The number of aldehydes is 1. The van der Waals surface area contributed by atoms with Gasteiger partial charge in [-0.3, -0.25) is 4.79 Å². The molecule has 0 aliphatic rings. The highest BCUT2D eigenvalue weighted by Crippen LogP contribution is 2.05. The molecule has 0 aromatic heterocycles. The molecule has 0 radical (unpaired) electrons. The van der Waals surface area contributed by atoms with E-state index >= 15 is 0 Å². The van der Waals surface area contributed by atoms with Gasteiger partial charge in [-0.1, -0.05) is 17.2 Å². The Morgan fingerprint density at radius 1 is 1.25 bits per heavy atom. The number of halogens is 1. The molecule has 0 bridgehead atoms. The Bertz CT molecular complexity index is 176. The van der Waals surface area contributed by atoms with Crippen LogP contribution in [0.15, 0.2) is 23.3 Å². The van der Waals surface area contributed by atoms with Crippen molar-refractivity contribution in [1.82, 2.24) is 0 Å².